The number of hydrogen-bond donors (Lipinski definition) is 1. The zero-order chi connectivity index (χ0) is 30.7. The van der Waals surface area contributed by atoms with Crippen LogP contribution in [0.1, 0.15) is 44.3 Å². The average molecular weight is 617 g/mol. The fourth-order valence-corrected chi connectivity index (χ4v) is 5.73. The van der Waals surface area contributed by atoms with Crippen LogP contribution in [0.25, 0.3) is 11.1 Å². The Hall–Kier alpha value is -4.18. The number of tetrazole rings is 1. The molecule has 1 aliphatic heterocycles. The van der Waals surface area contributed by atoms with E-state index in [-0.39, 0.29) is 23.4 Å². The van der Waals surface area contributed by atoms with Crippen LogP contribution in [-0.4, -0.2) is 83.3 Å². The summed E-state index contributed by atoms with van der Waals surface area (Å²) in [5.41, 5.74) is -0.137. The lowest BCUT2D eigenvalue weighted by Crippen LogP contribution is -2.45. The first kappa shape index (κ1) is 29.9. The predicted molar refractivity (Wildman–Crippen MR) is 150 cm³/mol. The van der Waals surface area contributed by atoms with E-state index in [9.17, 15) is 17.6 Å². The number of ether oxygens (including phenoxy) is 2. The van der Waals surface area contributed by atoms with E-state index in [1.54, 1.807) is 13.0 Å². The van der Waals surface area contributed by atoms with Crippen LogP contribution in [0.15, 0.2) is 43.1 Å². The van der Waals surface area contributed by atoms with Gasteiger partial charge < -0.3 is 14.8 Å². The van der Waals surface area contributed by atoms with E-state index < -0.39 is 23.8 Å². The first-order valence-electron chi connectivity index (χ1n) is 14.5. The summed E-state index contributed by atoms with van der Waals surface area (Å²) in [4.78, 5) is 10.8. The van der Waals surface area contributed by atoms with Crippen molar-refractivity contribution in [1.82, 2.24) is 44.9 Å². The highest BCUT2D eigenvalue weighted by molar-refractivity contribution is 5.65. The molecule has 12 nitrogen and oxygen atoms in total. The van der Waals surface area contributed by atoms with E-state index in [1.807, 2.05) is 0 Å². The topological polar surface area (TPSA) is 121 Å². The molecule has 1 aliphatic carbocycles. The average Bonchev–Trinajstić information content (AvgIpc) is 3.70. The lowest BCUT2D eigenvalue weighted by molar-refractivity contribution is -0.141. The largest absolute Gasteiger partial charge is 0.486 e. The van der Waals surface area contributed by atoms with Gasteiger partial charge in [-0.15, -0.1) is 5.10 Å². The van der Waals surface area contributed by atoms with Crippen molar-refractivity contribution in [2.75, 3.05) is 31.6 Å². The van der Waals surface area contributed by atoms with E-state index in [4.69, 9.17) is 9.47 Å². The molecule has 6 rings (SSSR count). The van der Waals surface area contributed by atoms with E-state index >= 15 is 0 Å². The minimum absolute atomic E-state index is 0.0199. The molecule has 0 unspecified atom stereocenters. The van der Waals surface area contributed by atoms with Gasteiger partial charge in [0.1, 0.15) is 12.4 Å². The Kier molecular flexibility index (Phi) is 8.70. The van der Waals surface area contributed by atoms with Gasteiger partial charge in [-0.25, -0.2) is 19.0 Å². The third-order valence-corrected chi connectivity index (χ3v) is 7.93. The van der Waals surface area contributed by atoms with Crippen molar-refractivity contribution >= 4 is 11.6 Å². The number of benzene rings is 1. The smallest absolute Gasteiger partial charge is 0.437 e. The van der Waals surface area contributed by atoms with Gasteiger partial charge in [0.25, 0.3) is 0 Å². The van der Waals surface area contributed by atoms with E-state index in [0.717, 1.165) is 38.8 Å². The molecule has 16 heteroatoms. The van der Waals surface area contributed by atoms with Gasteiger partial charge in [-0.2, -0.15) is 18.3 Å². The summed E-state index contributed by atoms with van der Waals surface area (Å²) in [6, 6.07) is 4.61. The van der Waals surface area contributed by atoms with Crippen LogP contribution in [0.5, 0.6) is 5.75 Å². The molecule has 44 heavy (non-hydrogen) atoms. The molecule has 2 fully saturated rings. The number of aromatic nitrogens is 8. The third kappa shape index (κ3) is 6.96. The van der Waals surface area contributed by atoms with Crippen LogP contribution < -0.4 is 10.1 Å². The van der Waals surface area contributed by atoms with Crippen molar-refractivity contribution in [3.8, 4) is 16.9 Å². The number of alkyl halides is 3. The highest BCUT2D eigenvalue weighted by Crippen LogP contribution is 2.38. The summed E-state index contributed by atoms with van der Waals surface area (Å²) in [6.07, 6.45) is 3.89. The summed E-state index contributed by atoms with van der Waals surface area (Å²) < 4.78 is 70.4. The second-order valence-corrected chi connectivity index (χ2v) is 11.0. The van der Waals surface area contributed by atoms with E-state index in [2.05, 4.69) is 40.8 Å². The number of anilines is 2. The standard InChI is InChI=1S/C28H32F4N10O2/c1-18(15-41-17-35-38-39-41)44-25-12-19(2-7-23(25)29)20-13-33-27(34-14-20)36-24-16-42(37-26(24)28(30,31)32)22-5-3-21(4-6-22)40-8-10-43-11-9-40/h2,7,12-14,16-18,21-22H,3-6,8-11,15H2,1H3,(H,33,34,36)/t18-,21?,22?/m0/s1. The highest BCUT2D eigenvalue weighted by Gasteiger charge is 2.39. The molecule has 1 N–H and O–H groups in total. The Balaban J connectivity index is 1.13. The number of hydrogen-bond acceptors (Lipinski definition) is 10. The second-order valence-electron chi connectivity index (χ2n) is 11.0. The minimum atomic E-state index is -4.66. The first-order chi connectivity index (χ1) is 21.2. The molecule has 1 aromatic carbocycles. The molecule has 1 saturated carbocycles. The van der Waals surface area contributed by atoms with Crippen molar-refractivity contribution in [1.29, 1.82) is 0 Å². The maximum absolute atomic E-state index is 14.5. The summed E-state index contributed by atoms with van der Waals surface area (Å²) in [5.74, 6) is -0.558. The zero-order valence-electron chi connectivity index (χ0n) is 24.0. The summed E-state index contributed by atoms with van der Waals surface area (Å²) in [6.45, 7) is 5.28. The van der Waals surface area contributed by atoms with Gasteiger partial charge in [-0.1, -0.05) is 6.07 Å². The van der Waals surface area contributed by atoms with Gasteiger partial charge in [-0.05, 0) is 60.7 Å². The Labute approximate surface area is 250 Å². The van der Waals surface area contributed by atoms with E-state index in [1.165, 1.54) is 46.4 Å². The second kappa shape index (κ2) is 12.8. The van der Waals surface area contributed by atoms with Crippen LogP contribution >= 0.6 is 0 Å². The quantitative estimate of drug-likeness (QED) is 0.269. The van der Waals surface area contributed by atoms with Gasteiger partial charge in [0.15, 0.2) is 17.3 Å². The molecule has 0 spiro atoms. The fraction of sp³-hybridized carbons (Fsp3) is 0.500. The maximum atomic E-state index is 14.5. The zero-order valence-corrected chi connectivity index (χ0v) is 24.0. The molecule has 1 atom stereocenters. The Morgan fingerprint density at radius 3 is 2.45 bits per heavy atom. The number of halogens is 4. The number of nitrogens with zero attached hydrogens (tertiary/aromatic N) is 9. The van der Waals surface area contributed by atoms with E-state index in [0.29, 0.717) is 36.9 Å². The number of rotatable bonds is 9. The first-order valence-corrected chi connectivity index (χ1v) is 14.5. The van der Waals surface area contributed by atoms with Gasteiger partial charge in [0.2, 0.25) is 5.95 Å². The molecule has 1 saturated heterocycles. The van der Waals surface area contributed by atoms with Crippen molar-refractivity contribution in [3.05, 3.63) is 54.6 Å². The lowest BCUT2D eigenvalue weighted by atomic mass is 9.90. The van der Waals surface area contributed by atoms with Crippen LogP contribution in [0.3, 0.4) is 0 Å². The molecule has 4 aromatic rings. The fourth-order valence-electron chi connectivity index (χ4n) is 5.73. The molecular weight excluding hydrogens is 584 g/mol. The summed E-state index contributed by atoms with van der Waals surface area (Å²) in [5, 5.41) is 17.5. The van der Waals surface area contributed by atoms with Gasteiger partial charge in [0.05, 0.1) is 31.5 Å². The predicted octanol–water partition coefficient (Wildman–Crippen LogP) is 4.51. The monoisotopic (exact) mass is 616 g/mol. The molecule has 2 aliphatic rings. The van der Waals surface area contributed by atoms with Crippen LogP contribution in [0.2, 0.25) is 0 Å². The van der Waals surface area contributed by atoms with Gasteiger partial charge in [0, 0.05) is 43.3 Å². The van der Waals surface area contributed by atoms with Crippen LogP contribution in [0, 0.1) is 5.82 Å². The molecule has 3 aromatic heterocycles. The molecule has 4 heterocycles. The molecule has 0 radical (unpaired) electrons. The SMILES string of the molecule is C[C@@H](Cn1cnnn1)Oc1cc(-c2cnc(Nc3cn(C4CCC(N5CCOCC5)CC4)nc3C(F)(F)F)nc2)ccc1F. The molecule has 0 bridgehead atoms. The number of nitrogens with one attached hydrogen (secondary N) is 1. The number of morpholine rings is 1. The normalized spacial score (nSPS) is 20.4. The molecular formula is C28H32F4N10O2. The van der Waals surface area contributed by atoms with Gasteiger partial charge >= 0.3 is 6.18 Å². The third-order valence-electron chi connectivity index (χ3n) is 7.93. The molecule has 234 valence electrons. The Bertz CT molecular complexity index is 1520. The Morgan fingerprint density at radius 2 is 1.77 bits per heavy atom. The van der Waals surface area contributed by atoms with Crippen LogP contribution in [0.4, 0.5) is 29.2 Å². The van der Waals surface area contributed by atoms with Crippen molar-refractivity contribution in [2.24, 2.45) is 0 Å². The summed E-state index contributed by atoms with van der Waals surface area (Å²) >= 11 is 0. The molecule has 0 amide bonds. The van der Waals surface area contributed by atoms with Crippen molar-refractivity contribution in [2.45, 2.75) is 63.5 Å². The summed E-state index contributed by atoms with van der Waals surface area (Å²) in [7, 11) is 0. The van der Waals surface area contributed by atoms with Gasteiger partial charge in [-0.3, -0.25) is 9.58 Å². The highest BCUT2D eigenvalue weighted by atomic mass is 19.4. The van der Waals surface area contributed by atoms with Crippen molar-refractivity contribution < 1.29 is 27.0 Å². The maximum Gasteiger partial charge on any atom is 0.437 e. The van der Waals surface area contributed by atoms with Crippen molar-refractivity contribution in [3.63, 3.8) is 0 Å². The Morgan fingerprint density at radius 1 is 1.05 bits per heavy atom. The van der Waals surface area contributed by atoms with Crippen LogP contribution in [-0.2, 0) is 17.5 Å². The minimum Gasteiger partial charge on any atom is -0.486 e. The lowest BCUT2D eigenvalue weighted by Gasteiger charge is -2.38.